The largest absolute Gasteiger partial charge is 0.303 e. The average Bonchev–Trinajstić information content (AvgIpc) is 2.32. The van der Waals surface area contributed by atoms with E-state index in [-0.39, 0.29) is 11.2 Å². The number of hydrogen-bond donors (Lipinski definition) is 0. The zero-order valence-electron chi connectivity index (χ0n) is 6.49. The zero-order chi connectivity index (χ0) is 8.48. The number of rotatable bonds is 2. The maximum absolute atomic E-state index is 11.0. The van der Waals surface area contributed by atoms with E-state index in [4.69, 9.17) is 0 Å². The van der Waals surface area contributed by atoms with Gasteiger partial charge in [0.2, 0.25) is 0 Å². The molecular weight excluding hydrogens is 164 g/mol. The van der Waals surface area contributed by atoms with Gasteiger partial charge >= 0.3 is 0 Å². The number of carbonyl (C=O) groups excluding carboxylic acids is 1. The molecule has 64 valence electrons. The lowest BCUT2D eigenvalue weighted by Crippen LogP contribution is -2.16. The van der Waals surface area contributed by atoms with Crippen LogP contribution in [0.1, 0.15) is 19.3 Å². The number of carbonyl (C=O) groups is 1. The molecule has 1 rings (SSSR count). The Bertz CT molecular complexity index is 242. The Morgan fingerprint density at radius 2 is 2.00 bits per heavy atom. The smallest absolute Gasteiger partial charge is 0.150 e. The van der Waals surface area contributed by atoms with Gasteiger partial charge in [-0.2, -0.15) is 0 Å². The fourth-order valence-corrected chi connectivity index (χ4v) is 2.65. The molecule has 11 heavy (non-hydrogen) atoms. The van der Waals surface area contributed by atoms with Gasteiger partial charge in [-0.3, -0.25) is 0 Å². The second-order valence-corrected chi connectivity index (χ2v) is 5.49. The van der Waals surface area contributed by atoms with Gasteiger partial charge in [0.15, 0.2) is 0 Å². The molecule has 0 N–H and O–H groups in total. The second-order valence-electron chi connectivity index (χ2n) is 3.16. The van der Waals surface area contributed by atoms with Crippen molar-refractivity contribution in [2.45, 2.75) is 24.5 Å². The predicted octanol–water partition coefficient (Wildman–Crippen LogP) is 0.399. The Hall–Kier alpha value is -0.380. The highest BCUT2D eigenvalue weighted by molar-refractivity contribution is 7.91. The Labute approximate surface area is 66.7 Å². The Morgan fingerprint density at radius 3 is 2.27 bits per heavy atom. The standard InChI is InChI=1S/C7H12O3S/c1-11(9,10)7-3-2-6(4-7)5-8/h5-7H,2-4H2,1H3/t6-,7+/m1/s1. The Balaban J connectivity index is 2.62. The summed E-state index contributed by atoms with van der Waals surface area (Å²) >= 11 is 0. The average molecular weight is 176 g/mol. The molecule has 2 atom stereocenters. The summed E-state index contributed by atoms with van der Waals surface area (Å²) in [6, 6.07) is 0. The lowest BCUT2D eigenvalue weighted by atomic mass is 10.1. The van der Waals surface area contributed by atoms with Crippen molar-refractivity contribution in [3.05, 3.63) is 0 Å². The molecule has 0 unspecified atom stereocenters. The molecule has 0 heterocycles. The van der Waals surface area contributed by atoms with Crippen LogP contribution in [0, 0.1) is 5.92 Å². The van der Waals surface area contributed by atoms with Crippen LogP contribution in [0.25, 0.3) is 0 Å². The van der Waals surface area contributed by atoms with Crippen molar-refractivity contribution in [1.82, 2.24) is 0 Å². The molecule has 0 aromatic rings. The molecule has 4 heteroatoms. The van der Waals surface area contributed by atoms with Crippen LogP contribution in [0.4, 0.5) is 0 Å². The molecular formula is C7H12O3S. The number of hydrogen-bond acceptors (Lipinski definition) is 3. The van der Waals surface area contributed by atoms with Gasteiger partial charge in [0.1, 0.15) is 16.1 Å². The number of aldehydes is 1. The monoisotopic (exact) mass is 176 g/mol. The first-order chi connectivity index (χ1) is 5.04. The van der Waals surface area contributed by atoms with Gasteiger partial charge in [-0.25, -0.2) is 8.42 Å². The first-order valence-corrected chi connectivity index (χ1v) is 5.63. The summed E-state index contributed by atoms with van der Waals surface area (Å²) in [6.45, 7) is 0. The summed E-state index contributed by atoms with van der Waals surface area (Å²) in [5.74, 6) is -0.0188. The highest BCUT2D eigenvalue weighted by Crippen LogP contribution is 2.28. The Kier molecular flexibility index (Phi) is 2.32. The minimum absolute atomic E-state index is 0.0188. The maximum atomic E-state index is 11.0. The molecule has 1 saturated carbocycles. The highest BCUT2D eigenvalue weighted by Gasteiger charge is 2.30. The highest BCUT2D eigenvalue weighted by atomic mass is 32.2. The van der Waals surface area contributed by atoms with Crippen LogP contribution in [0.15, 0.2) is 0 Å². The van der Waals surface area contributed by atoms with E-state index in [0.29, 0.717) is 12.8 Å². The van der Waals surface area contributed by atoms with Crippen LogP contribution < -0.4 is 0 Å². The van der Waals surface area contributed by atoms with Crippen molar-refractivity contribution in [3.8, 4) is 0 Å². The lowest BCUT2D eigenvalue weighted by molar-refractivity contribution is -0.110. The van der Waals surface area contributed by atoms with E-state index < -0.39 is 9.84 Å². The molecule has 1 aliphatic carbocycles. The fourth-order valence-electron chi connectivity index (χ4n) is 1.49. The topological polar surface area (TPSA) is 51.2 Å². The van der Waals surface area contributed by atoms with Gasteiger partial charge in [0.05, 0.1) is 5.25 Å². The van der Waals surface area contributed by atoms with Crippen LogP contribution >= 0.6 is 0 Å². The van der Waals surface area contributed by atoms with Crippen molar-refractivity contribution in [3.63, 3.8) is 0 Å². The van der Waals surface area contributed by atoms with E-state index in [9.17, 15) is 13.2 Å². The van der Waals surface area contributed by atoms with Crippen LogP contribution in [0.3, 0.4) is 0 Å². The summed E-state index contributed by atoms with van der Waals surface area (Å²) < 4.78 is 22.0. The van der Waals surface area contributed by atoms with Crippen LogP contribution in [0.5, 0.6) is 0 Å². The van der Waals surface area contributed by atoms with Crippen LogP contribution in [0.2, 0.25) is 0 Å². The van der Waals surface area contributed by atoms with E-state index in [0.717, 1.165) is 12.7 Å². The second kappa shape index (κ2) is 2.93. The molecule has 0 amide bonds. The van der Waals surface area contributed by atoms with Gasteiger partial charge in [0, 0.05) is 12.2 Å². The zero-order valence-corrected chi connectivity index (χ0v) is 7.30. The van der Waals surface area contributed by atoms with Crippen molar-refractivity contribution in [2.75, 3.05) is 6.26 Å². The third-order valence-corrected chi connectivity index (χ3v) is 3.86. The molecule has 0 aromatic heterocycles. The van der Waals surface area contributed by atoms with E-state index in [1.807, 2.05) is 0 Å². The summed E-state index contributed by atoms with van der Waals surface area (Å²) in [5, 5.41) is -0.266. The quantitative estimate of drug-likeness (QED) is 0.572. The van der Waals surface area contributed by atoms with Crippen molar-refractivity contribution in [2.24, 2.45) is 5.92 Å². The van der Waals surface area contributed by atoms with Gasteiger partial charge < -0.3 is 4.79 Å². The van der Waals surface area contributed by atoms with Crippen molar-refractivity contribution >= 4 is 16.1 Å². The van der Waals surface area contributed by atoms with Crippen molar-refractivity contribution in [1.29, 1.82) is 0 Å². The molecule has 0 spiro atoms. The van der Waals surface area contributed by atoms with Crippen LogP contribution in [-0.2, 0) is 14.6 Å². The summed E-state index contributed by atoms with van der Waals surface area (Å²) in [5.41, 5.74) is 0. The minimum Gasteiger partial charge on any atom is -0.303 e. The SMILES string of the molecule is CS(=O)(=O)[C@H]1CC[C@@H](C=O)C1. The normalized spacial score (nSPS) is 32.1. The summed E-state index contributed by atoms with van der Waals surface area (Å²) in [7, 11) is -2.90. The van der Waals surface area contributed by atoms with E-state index in [2.05, 4.69) is 0 Å². The molecule has 1 aliphatic rings. The van der Waals surface area contributed by atoms with Gasteiger partial charge in [-0.15, -0.1) is 0 Å². The van der Waals surface area contributed by atoms with Crippen molar-refractivity contribution < 1.29 is 13.2 Å². The van der Waals surface area contributed by atoms with Crippen LogP contribution in [-0.4, -0.2) is 26.2 Å². The summed E-state index contributed by atoms with van der Waals surface area (Å²) in [4.78, 5) is 10.3. The van der Waals surface area contributed by atoms with E-state index in [1.54, 1.807) is 0 Å². The summed E-state index contributed by atoms with van der Waals surface area (Å²) in [6.07, 6.45) is 4.03. The molecule has 0 aliphatic heterocycles. The number of sulfone groups is 1. The Morgan fingerprint density at radius 1 is 1.36 bits per heavy atom. The minimum atomic E-state index is -2.90. The molecule has 0 saturated heterocycles. The lowest BCUT2D eigenvalue weighted by Gasteiger charge is -2.04. The van der Waals surface area contributed by atoms with Gasteiger partial charge in [0.25, 0.3) is 0 Å². The predicted molar refractivity (Wildman–Crippen MR) is 42.0 cm³/mol. The molecule has 0 aromatic carbocycles. The van der Waals surface area contributed by atoms with E-state index in [1.165, 1.54) is 6.26 Å². The molecule has 3 nitrogen and oxygen atoms in total. The molecule has 1 fully saturated rings. The molecule has 0 radical (unpaired) electrons. The molecule has 0 bridgehead atoms. The third kappa shape index (κ3) is 2.02. The third-order valence-electron chi connectivity index (χ3n) is 2.22. The fraction of sp³-hybridized carbons (Fsp3) is 0.857. The first kappa shape index (κ1) is 8.71. The maximum Gasteiger partial charge on any atom is 0.150 e. The van der Waals surface area contributed by atoms with Gasteiger partial charge in [-0.05, 0) is 19.3 Å². The van der Waals surface area contributed by atoms with E-state index >= 15 is 0 Å². The first-order valence-electron chi connectivity index (χ1n) is 3.68. The van der Waals surface area contributed by atoms with Gasteiger partial charge in [-0.1, -0.05) is 0 Å².